The zero-order valence-electron chi connectivity index (χ0n) is 9.64. The van der Waals surface area contributed by atoms with Crippen LogP contribution >= 0.6 is 11.6 Å². The summed E-state index contributed by atoms with van der Waals surface area (Å²) >= 11 is 5.78. The molecule has 0 fully saturated rings. The second-order valence-corrected chi connectivity index (χ2v) is 4.22. The predicted octanol–water partition coefficient (Wildman–Crippen LogP) is 3.49. The van der Waals surface area contributed by atoms with Crippen LogP contribution in [0.5, 0.6) is 0 Å². The summed E-state index contributed by atoms with van der Waals surface area (Å²) in [5, 5.41) is 12.8. The smallest absolute Gasteiger partial charge is 0.339 e. The third kappa shape index (κ3) is 2.60. The first-order valence-corrected chi connectivity index (χ1v) is 5.67. The minimum Gasteiger partial charge on any atom is -0.478 e. The molecule has 2 N–H and O–H groups in total. The maximum absolute atomic E-state index is 11.2. The van der Waals surface area contributed by atoms with Crippen LogP contribution < -0.4 is 5.32 Å². The van der Waals surface area contributed by atoms with E-state index in [-0.39, 0.29) is 5.56 Å². The van der Waals surface area contributed by atoms with E-state index in [2.05, 4.69) is 10.3 Å². The highest BCUT2D eigenvalue weighted by Gasteiger charge is 2.14. The second-order valence-electron chi connectivity index (χ2n) is 3.79. The lowest BCUT2D eigenvalue weighted by molar-refractivity contribution is 0.0697. The Balaban J connectivity index is 2.37. The zero-order chi connectivity index (χ0) is 13.1. The van der Waals surface area contributed by atoms with Gasteiger partial charge in [0, 0.05) is 16.9 Å². The molecular formula is C13H11ClN2O2. The van der Waals surface area contributed by atoms with Crippen molar-refractivity contribution in [2.75, 3.05) is 5.32 Å². The van der Waals surface area contributed by atoms with Crippen molar-refractivity contribution in [1.82, 2.24) is 4.98 Å². The number of benzene rings is 1. The highest BCUT2D eigenvalue weighted by atomic mass is 35.5. The molecule has 2 aromatic rings. The number of carboxylic acid groups (broad SMARTS) is 1. The van der Waals surface area contributed by atoms with Crippen molar-refractivity contribution >= 4 is 29.1 Å². The van der Waals surface area contributed by atoms with E-state index >= 15 is 0 Å². The highest BCUT2D eigenvalue weighted by molar-refractivity contribution is 6.30. The van der Waals surface area contributed by atoms with Crippen LogP contribution in [0, 0.1) is 6.92 Å². The Hall–Kier alpha value is -2.07. The molecule has 0 bridgehead atoms. The van der Waals surface area contributed by atoms with Crippen molar-refractivity contribution in [3.8, 4) is 0 Å². The van der Waals surface area contributed by atoms with Gasteiger partial charge >= 0.3 is 5.97 Å². The first-order chi connectivity index (χ1) is 8.58. The van der Waals surface area contributed by atoms with Gasteiger partial charge in [0.2, 0.25) is 0 Å². The highest BCUT2D eigenvalue weighted by Crippen LogP contribution is 2.22. The lowest BCUT2D eigenvalue weighted by atomic mass is 10.1. The average Bonchev–Trinajstić information content (AvgIpc) is 2.32. The predicted molar refractivity (Wildman–Crippen MR) is 70.7 cm³/mol. The Morgan fingerprint density at radius 3 is 2.56 bits per heavy atom. The fourth-order valence-corrected chi connectivity index (χ4v) is 1.72. The summed E-state index contributed by atoms with van der Waals surface area (Å²) in [6.45, 7) is 1.73. The fourth-order valence-electron chi connectivity index (χ4n) is 1.59. The summed E-state index contributed by atoms with van der Waals surface area (Å²) in [7, 11) is 0. The quantitative estimate of drug-likeness (QED) is 0.889. The van der Waals surface area contributed by atoms with Crippen molar-refractivity contribution in [3.05, 3.63) is 52.7 Å². The van der Waals surface area contributed by atoms with Gasteiger partial charge in [-0.3, -0.25) is 0 Å². The summed E-state index contributed by atoms with van der Waals surface area (Å²) in [5.41, 5.74) is 1.57. The van der Waals surface area contributed by atoms with E-state index in [0.29, 0.717) is 16.4 Å². The number of nitrogens with zero attached hydrogens (tertiary/aromatic N) is 1. The van der Waals surface area contributed by atoms with Gasteiger partial charge in [-0.2, -0.15) is 0 Å². The Kier molecular flexibility index (Phi) is 3.48. The number of halogens is 1. The summed E-state index contributed by atoms with van der Waals surface area (Å²) in [6, 6.07) is 8.63. The first kappa shape index (κ1) is 12.4. The van der Waals surface area contributed by atoms with E-state index in [9.17, 15) is 4.79 Å². The number of nitrogens with one attached hydrogen (secondary N) is 1. The number of hydrogen-bond donors (Lipinski definition) is 2. The Labute approximate surface area is 109 Å². The maximum atomic E-state index is 11.2. The minimum absolute atomic E-state index is 0.174. The van der Waals surface area contributed by atoms with Crippen LogP contribution in [0.15, 0.2) is 36.5 Å². The molecular weight excluding hydrogens is 252 g/mol. The molecule has 0 saturated carbocycles. The van der Waals surface area contributed by atoms with E-state index in [0.717, 1.165) is 5.69 Å². The number of aromatic nitrogens is 1. The molecule has 0 aliphatic heterocycles. The van der Waals surface area contributed by atoms with Gasteiger partial charge in [-0.15, -0.1) is 0 Å². The molecule has 0 amide bonds. The van der Waals surface area contributed by atoms with Gasteiger partial charge in [0.25, 0.3) is 0 Å². The van der Waals surface area contributed by atoms with Gasteiger partial charge in [-0.05, 0) is 42.8 Å². The van der Waals surface area contributed by atoms with Gasteiger partial charge in [-0.25, -0.2) is 9.78 Å². The molecule has 0 atom stereocenters. The van der Waals surface area contributed by atoms with Gasteiger partial charge in [0.15, 0.2) is 0 Å². The van der Waals surface area contributed by atoms with Crippen LogP contribution in [0.1, 0.15) is 15.9 Å². The molecule has 0 unspecified atom stereocenters. The minimum atomic E-state index is -1.00. The second kappa shape index (κ2) is 5.06. The molecule has 0 saturated heterocycles. The van der Waals surface area contributed by atoms with Crippen LogP contribution in [0.3, 0.4) is 0 Å². The van der Waals surface area contributed by atoms with Crippen LogP contribution in [-0.4, -0.2) is 16.1 Å². The summed E-state index contributed by atoms with van der Waals surface area (Å²) in [5.74, 6) is -0.679. The van der Waals surface area contributed by atoms with Crippen molar-refractivity contribution in [1.29, 1.82) is 0 Å². The Morgan fingerprint density at radius 2 is 1.94 bits per heavy atom. The zero-order valence-corrected chi connectivity index (χ0v) is 10.4. The number of aryl methyl sites for hydroxylation is 1. The molecule has 4 nitrogen and oxygen atoms in total. The number of aromatic carboxylic acids is 1. The molecule has 0 aliphatic carbocycles. The lowest BCUT2D eigenvalue weighted by Crippen LogP contribution is -2.07. The van der Waals surface area contributed by atoms with Crippen molar-refractivity contribution in [2.45, 2.75) is 6.92 Å². The van der Waals surface area contributed by atoms with Gasteiger partial charge in [0.05, 0.1) is 0 Å². The van der Waals surface area contributed by atoms with E-state index in [1.165, 1.54) is 0 Å². The number of hydrogen-bond acceptors (Lipinski definition) is 3. The Morgan fingerprint density at radius 1 is 1.28 bits per heavy atom. The summed E-state index contributed by atoms with van der Waals surface area (Å²) in [6.07, 6.45) is 1.57. The van der Waals surface area contributed by atoms with Crippen LogP contribution in [0.25, 0.3) is 0 Å². The van der Waals surface area contributed by atoms with Crippen LogP contribution in [0.4, 0.5) is 11.5 Å². The maximum Gasteiger partial charge on any atom is 0.339 e. The molecule has 1 heterocycles. The van der Waals surface area contributed by atoms with Gasteiger partial charge in [-0.1, -0.05) is 11.6 Å². The number of pyridine rings is 1. The van der Waals surface area contributed by atoms with Gasteiger partial charge in [0.1, 0.15) is 11.4 Å². The van der Waals surface area contributed by atoms with Crippen molar-refractivity contribution < 1.29 is 9.90 Å². The first-order valence-electron chi connectivity index (χ1n) is 5.29. The largest absolute Gasteiger partial charge is 0.478 e. The third-order valence-electron chi connectivity index (χ3n) is 2.48. The molecule has 1 aromatic carbocycles. The molecule has 1 aromatic heterocycles. The summed E-state index contributed by atoms with van der Waals surface area (Å²) < 4.78 is 0. The van der Waals surface area contributed by atoms with E-state index in [4.69, 9.17) is 16.7 Å². The van der Waals surface area contributed by atoms with Crippen molar-refractivity contribution in [3.63, 3.8) is 0 Å². The molecule has 2 rings (SSSR count). The summed E-state index contributed by atoms with van der Waals surface area (Å²) in [4.78, 5) is 15.2. The molecule has 0 radical (unpaired) electrons. The van der Waals surface area contributed by atoms with Crippen LogP contribution in [-0.2, 0) is 0 Å². The third-order valence-corrected chi connectivity index (χ3v) is 2.73. The normalized spacial score (nSPS) is 10.1. The molecule has 0 aliphatic rings. The molecule has 0 spiro atoms. The van der Waals surface area contributed by atoms with E-state index in [1.54, 1.807) is 43.5 Å². The van der Waals surface area contributed by atoms with Crippen LogP contribution in [0.2, 0.25) is 5.02 Å². The molecule has 92 valence electrons. The number of anilines is 2. The SMILES string of the molecule is Cc1ccnc(Nc2ccc(Cl)cc2)c1C(=O)O. The number of carbonyl (C=O) groups is 1. The number of rotatable bonds is 3. The number of carboxylic acids is 1. The lowest BCUT2D eigenvalue weighted by Gasteiger charge is -2.10. The fraction of sp³-hybridized carbons (Fsp3) is 0.0769. The monoisotopic (exact) mass is 262 g/mol. The van der Waals surface area contributed by atoms with E-state index in [1.807, 2.05) is 0 Å². The standard InChI is InChI=1S/C13H11ClN2O2/c1-8-6-7-15-12(11(8)13(17)18)16-10-4-2-9(14)3-5-10/h2-7H,1H3,(H,15,16)(H,17,18). The molecule has 5 heteroatoms. The van der Waals surface area contributed by atoms with E-state index < -0.39 is 5.97 Å². The molecule has 18 heavy (non-hydrogen) atoms. The topological polar surface area (TPSA) is 62.2 Å². The van der Waals surface area contributed by atoms with Crippen molar-refractivity contribution in [2.24, 2.45) is 0 Å². The average molecular weight is 263 g/mol. The van der Waals surface area contributed by atoms with Gasteiger partial charge < -0.3 is 10.4 Å². The Bertz CT molecular complexity index is 582.